The average molecular weight is 450 g/mol. The molecule has 4 rings (SSSR count). The Morgan fingerprint density at radius 2 is 2.03 bits per heavy atom. The van der Waals surface area contributed by atoms with Gasteiger partial charge < -0.3 is 5.11 Å². The second kappa shape index (κ2) is 7.33. The lowest BCUT2D eigenvalue weighted by atomic mass is 10.1. The van der Waals surface area contributed by atoms with Gasteiger partial charge in [-0.2, -0.15) is 13.5 Å². The van der Waals surface area contributed by atoms with Crippen LogP contribution in [-0.2, 0) is 28.3 Å². The van der Waals surface area contributed by atoms with Gasteiger partial charge in [0.2, 0.25) is 0 Å². The molecule has 0 bridgehead atoms. The zero-order chi connectivity index (χ0) is 20.8. The largest absolute Gasteiger partial charge is 0.481 e. The molecule has 3 aromatic heterocycles. The monoisotopic (exact) mass is 449 g/mol. The summed E-state index contributed by atoms with van der Waals surface area (Å²) in [6.07, 6.45) is 5.09. The maximum Gasteiger partial charge on any atom is 0.303 e. The van der Waals surface area contributed by atoms with Crippen LogP contribution in [-0.4, -0.2) is 33.2 Å². The smallest absolute Gasteiger partial charge is 0.303 e. The highest BCUT2D eigenvalue weighted by atomic mass is 35.5. The lowest BCUT2D eigenvalue weighted by Crippen LogP contribution is -2.10. The molecule has 7 nitrogen and oxygen atoms in total. The van der Waals surface area contributed by atoms with Gasteiger partial charge in [0.25, 0.3) is 10.0 Å². The van der Waals surface area contributed by atoms with Crippen LogP contribution in [0.3, 0.4) is 0 Å². The molecule has 0 amide bonds. The summed E-state index contributed by atoms with van der Waals surface area (Å²) in [5, 5.41) is 14.2. The lowest BCUT2D eigenvalue weighted by molar-refractivity contribution is -0.136. The number of carboxylic acid groups (broad SMARTS) is 1. The number of hydrogen-bond acceptors (Lipinski definition) is 5. The number of fused-ring (bicyclic) bond motifs is 1. The van der Waals surface area contributed by atoms with Gasteiger partial charge >= 0.3 is 5.97 Å². The number of nitrogens with zero attached hydrogens (tertiary/aromatic N) is 3. The molecule has 150 valence electrons. The third-order valence-electron chi connectivity index (χ3n) is 4.51. The van der Waals surface area contributed by atoms with Crippen molar-refractivity contribution in [2.45, 2.75) is 17.1 Å². The molecule has 0 spiro atoms. The first-order valence-electron chi connectivity index (χ1n) is 8.61. The minimum atomic E-state index is -3.86. The molecule has 10 heteroatoms. The lowest BCUT2D eigenvalue weighted by Gasteiger charge is -2.05. The molecule has 29 heavy (non-hydrogen) atoms. The molecule has 1 aromatic carbocycles. The molecule has 0 aliphatic rings. The number of carbonyl (C=O) groups is 1. The van der Waals surface area contributed by atoms with Crippen molar-refractivity contribution in [2.75, 3.05) is 0 Å². The van der Waals surface area contributed by atoms with E-state index in [0.29, 0.717) is 21.5 Å². The summed E-state index contributed by atoms with van der Waals surface area (Å²) in [6.45, 7) is 0. The normalized spacial score (nSPS) is 11.9. The van der Waals surface area contributed by atoms with E-state index in [-0.39, 0.29) is 17.1 Å². The Bertz CT molecular complexity index is 1330. The van der Waals surface area contributed by atoms with E-state index in [9.17, 15) is 13.2 Å². The topological polar surface area (TPSA) is 94.2 Å². The molecule has 0 saturated carbocycles. The van der Waals surface area contributed by atoms with Crippen LogP contribution in [0, 0.1) is 0 Å². The maximum atomic E-state index is 13.3. The SMILES string of the molecule is Cn1cc(-c2ccc(S(=O)(=O)n3cc(CCC(=O)O)c4cc(Cl)ccc43)s2)cn1. The van der Waals surface area contributed by atoms with E-state index in [1.54, 1.807) is 48.3 Å². The molecular weight excluding hydrogens is 434 g/mol. The molecule has 0 aliphatic heterocycles. The van der Waals surface area contributed by atoms with Crippen LogP contribution in [0.1, 0.15) is 12.0 Å². The standard InChI is InChI=1S/C19H16ClN3O4S2/c1-22-10-13(9-21-22)17-5-7-19(28-17)29(26,27)23-11-12(2-6-18(24)25)15-8-14(20)3-4-16(15)23/h3-5,7-11H,2,6H2,1H3,(H,24,25). The maximum absolute atomic E-state index is 13.3. The highest BCUT2D eigenvalue weighted by Crippen LogP contribution is 2.34. The molecule has 0 unspecified atom stereocenters. The first-order valence-corrected chi connectivity index (χ1v) is 11.2. The number of halogens is 1. The van der Waals surface area contributed by atoms with E-state index in [2.05, 4.69) is 5.10 Å². The predicted molar refractivity (Wildman–Crippen MR) is 112 cm³/mol. The molecule has 0 atom stereocenters. The van der Waals surface area contributed by atoms with E-state index in [1.165, 1.54) is 10.2 Å². The van der Waals surface area contributed by atoms with Crippen molar-refractivity contribution >= 4 is 49.8 Å². The Hall–Kier alpha value is -2.62. The van der Waals surface area contributed by atoms with Crippen molar-refractivity contribution in [3.63, 3.8) is 0 Å². The predicted octanol–water partition coefficient (Wildman–Crippen LogP) is 4.01. The number of hydrogen-bond donors (Lipinski definition) is 1. The summed E-state index contributed by atoms with van der Waals surface area (Å²) in [5.41, 5.74) is 1.92. The fourth-order valence-corrected chi connectivity index (χ4v) is 6.07. The number of benzene rings is 1. The Morgan fingerprint density at radius 3 is 2.72 bits per heavy atom. The van der Waals surface area contributed by atoms with E-state index in [0.717, 1.165) is 21.8 Å². The van der Waals surface area contributed by atoms with Crippen LogP contribution >= 0.6 is 22.9 Å². The fourth-order valence-electron chi connectivity index (χ4n) is 3.14. The van der Waals surface area contributed by atoms with Gasteiger partial charge in [-0.3, -0.25) is 9.48 Å². The summed E-state index contributed by atoms with van der Waals surface area (Å²) in [5.74, 6) is -0.949. The van der Waals surface area contributed by atoms with Gasteiger partial charge in [0, 0.05) is 46.7 Å². The zero-order valence-corrected chi connectivity index (χ0v) is 17.6. The molecule has 1 N–H and O–H groups in total. The van der Waals surface area contributed by atoms with Crippen LogP contribution in [0.5, 0.6) is 0 Å². The van der Waals surface area contributed by atoms with Crippen molar-refractivity contribution in [2.24, 2.45) is 7.05 Å². The van der Waals surface area contributed by atoms with Crippen LogP contribution in [0.2, 0.25) is 5.02 Å². The molecule has 0 radical (unpaired) electrons. The van der Waals surface area contributed by atoms with Crippen LogP contribution in [0.15, 0.2) is 53.1 Å². The van der Waals surface area contributed by atoms with Gasteiger partial charge in [-0.15, -0.1) is 11.3 Å². The quantitative estimate of drug-likeness (QED) is 0.480. The van der Waals surface area contributed by atoms with Crippen molar-refractivity contribution in [1.82, 2.24) is 13.8 Å². The van der Waals surface area contributed by atoms with Gasteiger partial charge in [-0.05, 0) is 42.3 Å². The fraction of sp³-hybridized carbons (Fsp3) is 0.158. The summed E-state index contributed by atoms with van der Waals surface area (Å²) >= 11 is 7.24. The Balaban J connectivity index is 1.81. The van der Waals surface area contributed by atoms with Crippen LogP contribution < -0.4 is 0 Å². The molecule has 4 aromatic rings. The Kier molecular flexibility index (Phi) is 4.97. The van der Waals surface area contributed by atoms with E-state index in [1.807, 2.05) is 6.20 Å². The van der Waals surface area contributed by atoms with Gasteiger partial charge in [0.15, 0.2) is 0 Å². The summed E-state index contributed by atoms with van der Waals surface area (Å²) < 4.78 is 29.7. The second-order valence-electron chi connectivity index (χ2n) is 6.53. The third kappa shape index (κ3) is 3.68. The van der Waals surface area contributed by atoms with Crippen molar-refractivity contribution in [1.29, 1.82) is 0 Å². The Labute approximate surface area is 175 Å². The number of rotatable bonds is 6. The second-order valence-corrected chi connectivity index (χ2v) is 10.1. The number of aliphatic carboxylic acids is 1. The minimum Gasteiger partial charge on any atom is -0.481 e. The van der Waals surface area contributed by atoms with E-state index >= 15 is 0 Å². The van der Waals surface area contributed by atoms with E-state index in [4.69, 9.17) is 16.7 Å². The minimum absolute atomic E-state index is 0.101. The number of aryl methyl sites for hydroxylation is 2. The van der Waals surface area contributed by atoms with Gasteiger partial charge in [0.05, 0.1) is 11.7 Å². The Morgan fingerprint density at radius 1 is 1.24 bits per heavy atom. The number of thiophene rings is 1. The summed E-state index contributed by atoms with van der Waals surface area (Å²) in [4.78, 5) is 11.8. The molecule has 3 heterocycles. The molecule has 0 aliphatic carbocycles. The van der Waals surface area contributed by atoms with Crippen LogP contribution in [0.4, 0.5) is 0 Å². The summed E-state index contributed by atoms with van der Waals surface area (Å²) in [6, 6.07) is 8.24. The summed E-state index contributed by atoms with van der Waals surface area (Å²) in [7, 11) is -2.06. The zero-order valence-electron chi connectivity index (χ0n) is 15.2. The van der Waals surface area contributed by atoms with Crippen molar-refractivity contribution in [3.8, 4) is 10.4 Å². The first kappa shape index (κ1) is 19.7. The number of carboxylic acids is 1. The average Bonchev–Trinajstić information content (AvgIpc) is 3.37. The van der Waals surface area contributed by atoms with Crippen LogP contribution in [0.25, 0.3) is 21.3 Å². The van der Waals surface area contributed by atoms with E-state index < -0.39 is 16.0 Å². The van der Waals surface area contributed by atoms with Gasteiger partial charge in [-0.25, -0.2) is 3.97 Å². The molecule has 0 saturated heterocycles. The molecular formula is C19H16ClN3O4S2. The van der Waals surface area contributed by atoms with Crippen molar-refractivity contribution in [3.05, 3.63) is 59.5 Å². The highest BCUT2D eigenvalue weighted by molar-refractivity contribution is 7.92. The van der Waals surface area contributed by atoms with Gasteiger partial charge in [-0.1, -0.05) is 11.6 Å². The highest BCUT2D eigenvalue weighted by Gasteiger charge is 2.24. The van der Waals surface area contributed by atoms with Gasteiger partial charge in [0.1, 0.15) is 4.21 Å². The third-order valence-corrected chi connectivity index (χ3v) is 8.02. The first-order chi connectivity index (χ1) is 13.8. The van der Waals surface area contributed by atoms with Crippen molar-refractivity contribution < 1.29 is 18.3 Å². The number of aromatic nitrogens is 3. The molecule has 0 fully saturated rings.